The molecule has 1 aliphatic rings. The van der Waals surface area contributed by atoms with Gasteiger partial charge in [0.15, 0.2) is 5.11 Å². The number of anilines is 1. The first kappa shape index (κ1) is 16.0. The first-order valence-electron chi connectivity index (χ1n) is 8.18. The van der Waals surface area contributed by atoms with Gasteiger partial charge in [0.05, 0.1) is 7.11 Å². The van der Waals surface area contributed by atoms with Crippen LogP contribution in [0.5, 0.6) is 5.75 Å². The second kappa shape index (κ2) is 6.71. The highest BCUT2D eigenvalue weighted by atomic mass is 32.1. The number of hydrogen-bond acceptors (Lipinski definition) is 3. The van der Waals surface area contributed by atoms with E-state index in [1.807, 2.05) is 24.3 Å². The van der Waals surface area contributed by atoms with Gasteiger partial charge in [0.25, 0.3) is 0 Å². The molecule has 1 aliphatic carbocycles. The van der Waals surface area contributed by atoms with E-state index >= 15 is 0 Å². The van der Waals surface area contributed by atoms with Crippen molar-refractivity contribution >= 4 is 33.9 Å². The predicted molar refractivity (Wildman–Crippen MR) is 99.1 cm³/mol. The minimum absolute atomic E-state index is 0.157. The third-order valence-corrected chi connectivity index (χ3v) is 5.02. The lowest BCUT2D eigenvalue weighted by Gasteiger charge is -2.30. The Bertz CT molecular complexity index is 710. The third-order valence-electron chi connectivity index (χ3n) is 4.82. The Balaban J connectivity index is 1.83. The maximum atomic E-state index is 5.56. The summed E-state index contributed by atoms with van der Waals surface area (Å²) in [5.41, 5.74) is 1.95. The second-order valence-corrected chi connectivity index (χ2v) is 6.54. The molecule has 4 nitrogen and oxygen atoms in total. The molecule has 0 amide bonds. The summed E-state index contributed by atoms with van der Waals surface area (Å²) in [4.78, 5) is 4.42. The monoisotopic (exact) mass is 329 g/mol. The van der Waals surface area contributed by atoms with Crippen molar-refractivity contribution < 1.29 is 4.74 Å². The zero-order valence-corrected chi connectivity index (χ0v) is 14.5. The van der Waals surface area contributed by atoms with Crippen LogP contribution in [-0.2, 0) is 0 Å². The summed E-state index contributed by atoms with van der Waals surface area (Å²) in [6, 6.07) is 7.87. The van der Waals surface area contributed by atoms with Crippen molar-refractivity contribution in [3.63, 3.8) is 0 Å². The first-order valence-corrected chi connectivity index (χ1v) is 8.59. The molecule has 1 saturated carbocycles. The van der Waals surface area contributed by atoms with Gasteiger partial charge in [-0.05, 0) is 55.7 Å². The lowest BCUT2D eigenvalue weighted by atomic mass is 9.94. The van der Waals surface area contributed by atoms with Gasteiger partial charge >= 0.3 is 0 Å². The Kier molecular flexibility index (Phi) is 4.66. The van der Waals surface area contributed by atoms with Crippen molar-refractivity contribution in [1.29, 1.82) is 0 Å². The van der Waals surface area contributed by atoms with Gasteiger partial charge in [0.2, 0.25) is 0 Å². The van der Waals surface area contributed by atoms with Gasteiger partial charge in [-0.2, -0.15) is 0 Å². The molecule has 0 bridgehead atoms. The van der Waals surface area contributed by atoms with E-state index in [9.17, 15) is 0 Å². The van der Waals surface area contributed by atoms with Crippen LogP contribution in [0.25, 0.3) is 10.9 Å². The van der Waals surface area contributed by atoms with E-state index in [1.54, 1.807) is 13.3 Å². The second-order valence-electron chi connectivity index (χ2n) is 6.14. The van der Waals surface area contributed by atoms with Crippen molar-refractivity contribution in [1.82, 2.24) is 10.3 Å². The highest BCUT2D eigenvalue weighted by molar-refractivity contribution is 7.80. The molecule has 2 aromatic rings. The van der Waals surface area contributed by atoms with Crippen LogP contribution < -0.4 is 15.4 Å². The molecule has 1 heterocycles. The number of benzene rings is 1. The van der Waals surface area contributed by atoms with Gasteiger partial charge in [0, 0.05) is 22.8 Å². The standard InChI is InChI=1S/C18H23N3OS/c1-3-18(10-4-5-11-18)21-17(23)20-14-8-9-15(22-2)16-13(14)7-6-12-19-16/h6-9,12H,3-5,10-11H2,1-2H3,(H2,20,21,23). The van der Waals surface area contributed by atoms with Gasteiger partial charge in [-0.15, -0.1) is 0 Å². The fourth-order valence-electron chi connectivity index (χ4n) is 3.43. The Hall–Kier alpha value is -1.88. The smallest absolute Gasteiger partial charge is 0.171 e. The number of nitrogens with zero attached hydrogens (tertiary/aromatic N) is 1. The van der Waals surface area contributed by atoms with Gasteiger partial charge in [-0.25, -0.2) is 0 Å². The van der Waals surface area contributed by atoms with Crippen LogP contribution in [0, 0.1) is 0 Å². The molecule has 23 heavy (non-hydrogen) atoms. The minimum Gasteiger partial charge on any atom is -0.494 e. The minimum atomic E-state index is 0.157. The molecule has 2 N–H and O–H groups in total. The number of methoxy groups -OCH3 is 1. The Morgan fingerprint density at radius 3 is 2.78 bits per heavy atom. The molecule has 0 unspecified atom stereocenters. The van der Waals surface area contributed by atoms with Crippen molar-refractivity contribution in [3.05, 3.63) is 30.5 Å². The van der Waals surface area contributed by atoms with Crippen LogP contribution in [0.3, 0.4) is 0 Å². The number of thiocarbonyl (C=S) groups is 1. The van der Waals surface area contributed by atoms with E-state index < -0.39 is 0 Å². The average molecular weight is 329 g/mol. The lowest BCUT2D eigenvalue weighted by Crippen LogP contribution is -2.47. The molecular weight excluding hydrogens is 306 g/mol. The summed E-state index contributed by atoms with van der Waals surface area (Å²) >= 11 is 5.56. The van der Waals surface area contributed by atoms with Gasteiger partial charge < -0.3 is 15.4 Å². The molecule has 3 rings (SSSR count). The molecule has 122 valence electrons. The van der Waals surface area contributed by atoms with E-state index in [4.69, 9.17) is 17.0 Å². The summed E-state index contributed by atoms with van der Waals surface area (Å²) < 4.78 is 5.39. The molecule has 0 atom stereocenters. The fourth-order valence-corrected chi connectivity index (χ4v) is 3.76. The fraction of sp³-hybridized carbons (Fsp3) is 0.444. The summed E-state index contributed by atoms with van der Waals surface area (Å²) in [6.45, 7) is 2.23. The van der Waals surface area contributed by atoms with E-state index in [2.05, 4.69) is 22.5 Å². The number of rotatable bonds is 4. The van der Waals surface area contributed by atoms with E-state index in [0.29, 0.717) is 5.11 Å². The number of nitrogens with one attached hydrogen (secondary N) is 2. The number of ether oxygens (including phenoxy) is 1. The zero-order valence-electron chi connectivity index (χ0n) is 13.7. The Labute approximate surface area is 142 Å². The Morgan fingerprint density at radius 1 is 1.30 bits per heavy atom. The molecular formula is C18H23N3OS. The molecule has 0 aliphatic heterocycles. The highest BCUT2D eigenvalue weighted by Crippen LogP contribution is 2.33. The highest BCUT2D eigenvalue weighted by Gasteiger charge is 2.32. The summed E-state index contributed by atoms with van der Waals surface area (Å²) in [6.07, 6.45) is 7.81. The van der Waals surface area contributed by atoms with E-state index in [1.165, 1.54) is 25.7 Å². The quantitative estimate of drug-likeness (QED) is 0.821. The van der Waals surface area contributed by atoms with Crippen LogP contribution >= 0.6 is 12.2 Å². The van der Waals surface area contributed by atoms with Crippen LogP contribution in [0.4, 0.5) is 5.69 Å². The van der Waals surface area contributed by atoms with Crippen LogP contribution in [0.15, 0.2) is 30.5 Å². The molecule has 0 saturated heterocycles. The molecule has 1 aromatic heterocycles. The van der Waals surface area contributed by atoms with Crippen molar-refractivity contribution in [3.8, 4) is 5.75 Å². The molecule has 0 radical (unpaired) electrons. The molecule has 1 fully saturated rings. The van der Waals surface area contributed by atoms with Gasteiger partial charge in [-0.1, -0.05) is 19.8 Å². The molecule has 0 spiro atoms. The maximum absolute atomic E-state index is 5.56. The number of aromatic nitrogens is 1. The topological polar surface area (TPSA) is 46.2 Å². The van der Waals surface area contributed by atoms with Gasteiger partial charge in [-0.3, -0.25) is 4.98 Å². The van der Waals surface area contributed by atoms with Crippen LogP contribution in [0.1, 0.15) is 39.0 Å². The molecule has 5 heteroatoms. The summed E-state index contributed by atoms with van der Waals surface area (Å²) in [7, 11) is 1.66. The van der Waals surface area contributed by atoms with Crippen LogP contribution in [0.2, 0.25) is 0 Å². The van der Waals surface area contributed by atoms with Crippen molar-refractivity contribution in [2.75, 3.05) is 12.4 Å². The lowest BCUT2D eigenvalue weighted by molar-refractivity contribution is 0.378. The Morgan fingerprint density at radius 2 is 2.09 bits per heavy atom. The van der Waals surface area contributed by atoms with Gasteiger partial charge in [0.1, 0.15) is 11.3 Å². The molecule has 1 aromatic carbocycles. The zero-order chi connectivity index (χ0) is 16.3. The first-order chi connectivity index (χ1) is 11.2. The number of hydrogen-bond donors (Lipinski definition) is 2. The van der Waals surface area contributed by atoms with Crippen molar-refractivity contribution in [2.24, 2.45) is 0 Å². The summed E-state index contributed by atoms with van der Waals surface area (Å²) in [5, 5.41) is 8.59. The number of pyridine rings is 1. The summed E-state index contributed by atoms with van der Waals surface area (Å²) in [5.74, 6) is 0.769. The largest absolute Gasteiger partial charge is 0.494 e. The SMILES string of the molecule is CCC1(NC(=S)Nc2ccc(OC)c3ncccc23)CCCC1. The van der Waals surface area contributed by atoms with E-state index in [0.717, 1.165) is 28.8 Å². The normalized spacial score (nSPS) is 16.3. The third kappa shape index (κ3) is 3.24. The number of fused-ring (bicyclic) bond motifs is 1. The van der Waals surface area contributed by atoms with Crippen molar-refractivity contribution in [2.45, 2.75) is 44.6 Å². The van der Waals surface area contributed by atoms with E-state index in [-0.39, 0.29) is 5.54 Å². The average Bonchev–Trinajstić information content (AvgIpc) is 3.04. The van der Waals surface area contributed by atoms with Crippen LogP contribution in [-0.4, -0.2) is 22.7 Å². The predicted octanol–water partition coefficient (Wildman–Crippen LogP) is 4.25. The maximum Gasteiger partial charge on any atom is 0.171 e.